The zero-order valence-corrected chi connectivity index (χ0v) is 15.0. The van der Waals surface area contributed by atoms with Crippen molar-refractivity contribution in [1.29, 1.82) is 0 Å². The third kappa shape index (κ3) is 3.87. The monoisotopic (exact) mass is 383 g/mol. The standard InChI is InChI=1S/C18H16N4O4S/c1-10-15(17(24)20-11-5-3-2-4-6-11)16(21-18(27)19-10)13-9-12(22(25)26)7-8-14(13)23/h2-9,16,23H,1H3,(H,20,24)(H2,19,21,27)/p-1/t16-/m0/s1. The summed E-state index contributed by atoms with van der Waals surface area (Å²) in [4.78, 5) is 23.4. The van der Waals surface area contributed by atoms with Gasteiger partial charge >= 0.3 is 0 Å². The first-order chi connectivity index (χ1) is 12.9. The summed E-state index contributed by atoms with van der Waals surface area (Å²) >= 11 is 5.13. The van der Waals surface area contributed by atoms with E-state index in [1.165, 1.54) is 0 Å². The summed E-state index contributed by atoms with van der Waals surface area (Å²) in [6.07, 6.45) is 0. The molecule has 0 saturated carbocycles. The number of nitrogens with one attached hydrogen (secondary N) is 3. The van der Waals surface area contributed by atoms with Crippen LogP contribution in [0.1, 0.15) is 18.5 Å². The van der Waals surface area contributed by atoms with Gasteiger partial charge in [0.25, 0.3) is 11.6 Å². The Morgan fingerprint density at radius 2 is 1.93 bits per heavy atom. The van der Waals surface area contributed by atoms with Gasteiger partial charge in [0.05, 0.1) is 16.5 Å². The van der Waals surface area contributed by atoms with Crippen molar-refractivity contribution in [3.8, 4) is 5.75 Å². The second kappa shape index (κ2) is 7.42. The van der Waals surface area contributed by atoms with Gasteiger partial charge in [0.2, 0.25) is 0 Å². The van der Waals surface area contributed by atoms with Gasteiger partial charge in [-0.05, 0) is 36.8 Å². The molecule has 0 bridgehead atoms. The Labute approximate surface area is 160 Å². The Morgan fingerprint density at radius 1 is 1.22 bits per heavy atom. The van der Waals surface area contributed by atoms with Crippen LogP contribution in [0.2, 0.25) is 0 Å². The largest absolute Gasteiger partial charge is 0.872 e. The van der Waals surface area contributed by atoms with E-state index in [0.717, 1.165) is 18.2 Å². The highest BCUT2D eigenvalue weighted by Gasteiger charge is 2.31. The van der Waals surface area contributed by atoms with E-state index in [-0.39, 0.29) is 21.9 Å². The fraction of sp³-hybridized carbons (Fsp3) is 0.111. The normalized spacial score (nSPS) is 16.3. The van der Waals surface area contributed by atoms with Gasteiger partial charge in [-0.1, -0.05) is 24.3 Å². The van der Waals surface area contributed by atoms with E-state index >= 15 is 0 Å². The van der Waals surface area contributed by atoms with Gasteiger partial charge < -0.3 is 21.1 Å². The number of non-ortho nitro benzene ring substituents is 1. The van der Waals surface area contributed by atoms with Gasteiger partial charge in [-0.3, -0.25) is 14.9 Å². The van der Waals surface area contributed by atoms with Crippen LogP contribution in [0.5, 0.6) is 5.75 Å². The number of para-hydroxylation sites is 1. The Balaban J connectivity index is 2.03. The topological polar surface area (TPSA) is 119 Å². The molecular formula is C18H15N4O4S-. The number of anilines is 1. The SMILES string of the molecule is CC1=C(C(=O)Nc2ccccc2)[C@H](c2cc([N+](=O)[O-])ccc2[O-])NC(=S)N1. The highest BCUT2D eigenvalue weighted by molar-refractivity contribution is 7.80. The summed E-state index contributed by atoms with van der Waals surface area (Å²) < 4.78 is 0. The fourth-order valence-corrected chi connectivity index (χ4v) is 3.09. The van der Waals surface area contributed by atoms with Crippen molar-refractivity contribution < 1.29 is 14.8 Å². The molecule has 0 spiro atoms. The Bertz CT molecular complexity index is 959. The van der Waals surface area contributed by atoms with Crippen LogP contribution < -0.4 is 21.1 Å². The van der Waals surface area contributed by atoms with E-state index in [2.05, 4.69) is 16.0 Å². The van der Waals surface area contributed by atoms with E-state index in [4.69, 9.17) is 12.2 Å². The second-order valence-electron chi connectivity index (χ2n) is 5.87. The number of thiocarbonyl (C=S) groups is 1. The molecule has 2 aromatic carbocycles. The van der Waals surface area contributed by atoms with E-state index in [9.17, 15) is 20.0 Å². The quantitative estimate of drug-likeness (QED) is 0.420. The third-order valence-electron chi connectivity index (χ3n) is 4.06. The maximum absolute atomic E-state index is 12.9. The van der Waals surface area contributed by atoms with Crippen molar-refractivity contribution in [3.05, 3.63) is 75.5 Å². The Morgan fingerprint density at radius 3 is 2.59 bits per heavy atom. The average Bonchev–Trinajstić information content (AvgIpc) is 2.62. The maximum Gasteiger partial charge on any atom is 0.269 e. The number of carbonyl (C=O) groups excluding carboxylic acids is 1. The lowest BCUT2D eigenvalue weighted by atomic mass is 9.93. The average molecular weight is 383 g/mol. The highest BCUT2D eigenvalue weighted by atomic mass is 32.1. The number of rotatable bonds is 4. The summed E-state index contributed by atoms with van der Waals surface area (Å²) in [5.74, 6) is -0.877. The molecule has 3 rings (SSSR count). The van der Waals surface area contributed by atoms with E-state index < -0.39 is 22.6 Å². The van der Waals surface area contributed by atoms with Crippen LogP contribution in [0.25, 0.3) is 0 Å². The van der Waals surface area contributed by atoms with Crippen molar-refractivity contribution in [2.24, 2.45) is 0 Å². The summed E-state index contributed by atoms with van der Waals surface area (Å²) in [5.41, 5.74) is 1.10. The number of carbonyl (C=O) groups is 1. The van der Waals surface area contributed by atoms with E-state index in [0.29, 0.717) is 11.4 Å². The molecular weight excluding hydrogens is 368 g/mol. The lowest BCUT2D eigenvalue weighted by molar-refractivity contribution is -0.385. The smallest absolute Gasteiger partial charge is 0.269 e. The zero-order chi connectivity index (χ0) is 19.6. The Kier molecular flexibility index (Phi) is 5.04. The van der Waals surface area contributed by atoms with E-state index in [1.807, 2.05) is 6.07 Å². The highest BCUT2D eigenvalue weighted by Crippen LogP contribution is 2.34. The fourth-order valence-electron chi connectivity index (χ4n) is 2.82. The molecule has 1 heterocycles. The van der Waals surface area contributed by atoms with Crippen LogP contribution in [-0.4, -0.2) is 15.9 Å². The van der Waals surface area contributed by atoms with Crippen molar-refractivity contribution >= 4 is 34.6 Å². The summed E-state index contributed by atoms with van der Waals surface area (Å²) in [6, 6.07) is 11.3. The number of benzene rings is 2. The van der Waals surface area contributed by atoms with Gasteiger partial charge in [0.15, 0.2) is 5.11 Å². The second-order valence-corrected chi connectivity index (χ2v) is 6.28. The van der Waals surface area contributed by atoms with Crippen LogP contribution >= 0.6 is 12.2 Å². The molecule has 0 unspecified atom stereocenters. The molecule has 1 atom stereocenters. The molecule has 138 valence electrons. The lowest BCUT2D eigenvalue weighted by Gasteiger charge is -2.32. The lowest BCUT2D eigenvalue weighted by Crippen LogP contribution is -2.46. The molecule has 9 heteroatoms. The molecule has 0 aliphatic carbocycles. The molecule has 0 aromatic heterocycles. The minimum atomic E-state index is -0.908. The van der Waals surface area contributed by atoms with Gasteiger partial charge in [0.1, 0.15) is 0 Å². The van der Waals surface area contributed by atoms with Crippen LogP contribution in [0.4, 0.5) is 11.4 Å². The minimum absolute atomic E-state index is 0.0746. The van der Waals surface area contributed by atoms with Crippen LogP contribution in [0.15, 0.2) is 59.8 Å². The Hall–Kier alpha value is -3.46. The zero-order valence-electron chi connectivity index (χ0n) is 14.2. The predicted molar refractivity (Wildman–Crippen MR) is 102 cm³/mol. The van der Waals surface area contributed by atoms with Crippen LogP contribution in [0, 0.1) is 10.1 Å². The summed E-state index contributed by atoms with van der Waals surface area (Å²) in [5, 5.41) is 32.1. The van der Waals surface area contributed by atoms with Gasteiger partial charge in [-0.25, -0.2) is 0 Å². The van der Waals surface area contributed by atoms with Gasteiger partial charge in [-0.2, -0.15) is 0 Å². The number of hydrogen-bond donors (Lipinski definition) is 3. The summed E-state index contributed by atoms with van der Waals surface area (Å²) in [7, 11) is 0. The molecule has 1 amide bonds. The molecule has 2 aromatic rings. The molecule has 8 nitrogen and oxygen atoms in total. The molecule has 3 N–H and O–H groups in total. The minimum Gasteiger partial charge on any atom is -0.872 e. The van der Waals surface area contributed by atoms with E-state index in [1.54, 1.807) is 31.2 Å². The molecule has 0 fully saturated rings. The molecule has 0 saturated heterocycles. The number of nitrogens with zero attached hydrogens (tertiary/aromatic N) is 1. The maximum atomic E-state index is 12.9. The van der Waals surface area contributed by atoms with Gasteiger partial charge in [0, 0.05) is 23.5 Å². The van der Waals surface area contributed by atoms with Gasteiger partial charge in [-0.15, -0.1) is 5.75 Å². The third-order valence-corrected chi connectivity index (χ3v) is 4.28. The number of nitro groups is 1. The van der Waals surface area contributed by atoms with Crippen molar-refractivity contribution in [1.82, 2.24) is 10.6 Å². The first kappa shape index (κ1) is 18.3. The first-order valence-corrected chi connectivity index (χ1v) is 8.37. The van der Waals surface area contributed by atoms with Crippen molar-refractivity contribution in [2.45, 2.75) is 13.0 Å². The van der Waals surface area contributed by atoms with Crippen LogP contribution in [-0.2, 0) is 4.79 Å². The number of amides is 1. The number of hydrogen-bond acceptors (Lipinski definition) is 5. The predicted octanol–water partition coefficient (Wildman–Crippen LogP) is 2.10. The number of nitro benzene ring substituents is 1. The van der Waals surface area contributed by atoms with Crippen molar-refractivity contribution in [3.63, 3.8) is 0 Å². The molecule has 1 aliphatic heterocycles. The van der Waals surface area contributed by atoms with Crippen LogP contribution in [0.3, 0.4) is 0 Å². The number of allylic oxidation sites excluding steroid dienone is 1. The molecule has 0 radical (unpaired) electrons. The summed E-state index contributed by atoms with van der Waals surface area (Å²) in [6.45, 7) is 1.65. The first-order valence-electron chi connectivity index (χ1n) is 7.97. The molecule has 1 aliphatic rings. The molecule has 27 heavy (non-hydrogen) atoms. The van der Waals surface area contributed by atoms with Crippen molar-refractivity contribution in [2.75, 3.05) is 5.32 Å².